The van der Waals surface area contributed by atoms with Crippen LogP contribution in [0.5, 0.6) is 0 Å². The maximum Gasteiger partial charge on any atom is 0.182 e. The standard InChI is InChI=1S/C16H24ClNO2S/c1-4-11-18-15-14(9-10-16(15,2)3)21(19,20)13-7-5-12(17)6-8-13/h5-8,14-15,18H,4,9-11H2,1-3H3. The molecule has 2 rings (SSSR count). The highest BCUT2D eigenvalue weighted by atomic mass is 35.5. The van der Waals surface area contributed by atoms with Gasteiger partial charge in [0.2, 0.25) is 0 Å². The van der Waals surface area contributed by atoms with E-state index in [1.54, 1.807) is 24.3 Å². The molecule has 1 fully saturated rings. The van der Waals surface area contributed by atoms with Gasteiger partial charge in [-0.1, -0.05) is 32.4 Å². The van der Waals surface area contributed by atoms with Crippen LogP contribution in [-0.2, 0) is 9.84 Å². The molecular weight excluding hydrogens is 306 g/mol. The van der Waals surface area contributed by atoms with E-state index in [1.807, 2.05) is 0 Å². The summed E-state index contributed by atoms with van der Waals surface area (Å²) < 4.78 is 25.8. The molecule has 2 unspecified atom stereocenters. The zero-order valence-electron chi connectivity index (χ0n) is 12.9. The lowest BCUT2D eigenvalue weighted by Crippen LogP contribution is -2.47. The second-order valence-corrected chi connectivity index (χ2v) is 9.10. The van der Waals surface area contributed by atoms with Crippen LogP contribution in [-0.4, -0.2) is 26.3 Å². The van der Waals surface area contributed by atoms with Gasteiger partial charge in [-0.25, -0.2) is 8.42 Å². The minimum atomic E-state index is -3.33. The summed E-state index contributed by atoms with van der Waals surface area (Å²) in [6, 6.07) is 6.50. The van der Waals surface area contributed by atoms with Crippen molar-refractivity contribution in [2.24, 2.45) is 5.41 Å². The van der Waals surface area contributed by atoms with E-state index in [0.29, 0.717) is 16.3 Å². The summed E-state index contributed by atoms with van der Waals surface area (Å²) >= 11 is 5.86. The topological polar surface area (TPSA) is 46.2 Å². The normalized spacial score (nSPS) is 25.1. The molecule has 5 heteroatoms. The molecule has 0 spiro atoms. The van der Waals surface area contributed by atoms with Gasteiger partial charge in [0.1, 0.15) is 0 Å². The summed E-state index contributed by atoms with van der Waals surface area (Å²) in [4.78, 5) is 0.373. The van der Waals surface area contributed by atoms with Gasteiger partial charge < -0.3 is 5.32 Å². The number of hydrogen-bond acceptors (Lipinski definition) is 3. The first-order valence-electron chi connectivity index (χ1n) is 7.52. The molecule has 21 heavy (non-hydrogen) atoms. The molecule has 0 bridgehead atoms. The van der Waals surface area contributed by atoms with Crippen molar-refractivity contribution < 1.29 is 8.42 Å². The minimum Gasteiger partial charge on any atom is -0.312 e. The molecule has 0 aromatic heterocycles. The summed E-state index contributed by atoms with van der Waals surface area (Å²) in [5.74, 6) is 0. The summed E-state index contributed by atoms with van der Waals surface area (Å²) in [5, 5.41) is 3.65. The lowest BCUT2D eigenvalue weighted by Gasteiger charge is -2.31. The number of nitrogens with one attached hydrogen (secondary N) is 1. The van der Waals surface area contributed by atoms with Gasteiger partial charge in [-0.05, 0) is 55.5 Å². The third kappa shape index (κ3) is 3.43. The third-order valence-electron chi connectivity index (χ3n) is 4.44. The Morgan fingerprint density at radius 1 is 1.29 bits per heavy atom. The lowest BCUT2D eigenvalue weighted by atomic mass is 9.87. The number of rotatable bonds is 5. The average molecular weight is 330 g/mol. The molecule has 118 valence electrons. The van der Waals surface area contributed by atoms with E-state index in [4.69, 9.17) is 11.6 Å². The monoisotopic (exact) mass is 329 g/mol. The van der Waals surface area contributed by atoms with Crippen molar-refractivity contribution in [2.45, 2.75) is 56.2 Å². The Hall–Kier alpha value is -0.580. The molecule has 0 heterocycles. The largest absolute Gasteiger partial charge is 0.312 e. The van der Waals surface area contributed by atoms with Crippen molar-refractivity contribution in [1.29, 1.82) is 0 Å². The van der Waals surface area contributed by atoms with Crippen LogP contribution in [0.25, 0.3) is 0 Å². The molecule has 0 amide bonds. The molecule has 1 aliphatic carbocycles. The summed E-state index contributed by atoms with van der Waals surface area (Å²) in [5.41, 5.74) is -0.000663. The van der Waals surface area contributed by atoms with Crippen LogP contribution in [0.1, 0.15) is 40.0 Å². The smallest absolute Gasteiger partial charge is 0.182 e. The van der Waals surface area contributed by atoms with E-state index >= 15 is 0 Å². The molecule has 2 atom stereocenters. The van der Waals surface area contributed by atoms with Gasteiger partial charge in [-0.2, -0.15) is 0 Å². The number of sulfone groups is 1. The van der Waals surface area contributed by atoms with Crippen LogP contribution >= 0.6 is 11.6 Å². The number of benzene rings is 1. The van der Waals surface area contributed by atoms with Gasteiger partial charge in [0.25, 0.3) is 0 Å². The molecule has 1 saturated carbocycles. The third-order valence-corrected chi connectivity index (χ3v) is 6.93. The Bertz CT molecular complexity index is 581. The van der Waals surface area contributed by atoms with Gasteiger partial charge in [-0.3, -0.25) is 0 Å². The minimum absolute atomic E-state index is 0.000663. The van der Waals surface area contributed by atoms with Gasteiger partial charge in [0.15, 0.2) is 9.84 Å². The molecular formula is C16H24ClNO2S. The van der Waals surface area contributed by atoms with Crippen molar-refractivity contribution in [3.05, 3.63) is 29.3 Å². The molecule has 1 N–H and O–H groups in total. The van der Waals surface area contributed by atoms with E-state index in [1.165, 1.54) is 0 Å². The van der Waals surface area contributed by atoms with Crippen LogP contribution in [0, 0.1) is 5.41 Å². The van der Waals surface area contributed by atoms with Crippen molar-refractivity contribution in [1.82, 2.24) is 5.32 Å². The maximum absolute atomic E-state index is 12.9. The highest BCUT2D eigenvalue weighted by molar-refractivity contribution is 7.92. The summed E-state index contributed by atoms with van der Waals surface area (Å²) in [6.07, 6.45) is 2.63. The van der Waals surface area contributed by atoms with Gasteiger partial charge in [0.05, 0.1) is 10.1 Å². The van der Waals surface area contributed by atoms with E-state index in [2.05, 4.69) is 26.1 Å². The number of halogens is 1. The maximum atomic E-state index is 12.9. The molecule has 3 nitrogen and oxygen atoms in total. The molecule has 1 aromatic carbocycles. The van der Waals surface area contributed by atoms with Crippen molar-refractivity contribution >= 4 is 21.4 Å². The highest BCUT2D eigenvalue weighted by Crippen LogP contribution is 2.42. The highest BCUT2D eigenvalue weighted by Gasteiger charge is 2.47. The molecule has 0 aliphatic heterocycles. The number of hydrogen-bond donors (Lipinski definition) is 1. The fourth-order valence-electron chi connectivity index (χ4n) is 3.18. The predicted octanol–water partition coefficient (Wildman–Crippen LogP) is 3.67. The van der Waals surface area contributed by atoms with E-state index in [-0.39, 0.29) is 16.7 Å². The Balaban J connectivity index is 2.32. The average Bonchev–Trinajstić information content (AvgIpc) is 2.72. The molecule has 0 saturated heterocycles. The van der Waals surface area contributed by atoms with Gasteiger partial charge >= 0.3 is 0 Å². The molecule has 1 aromatic rings. The Morgan fingerprint density at radius 2 is 1.90 bits per heavy atom. The molecule has 0 radical (unpaired) electrons. The van der Waals surface area contributed by atoms with Crippen LogP contribution < -0.4 is 5.32 Å². The van der Waals surface area contributed by atoms with Crippen LogP contribution in [0.4, 0.5) is 0 Å². The van der Waals surface area contributed by atoms with Crippen molar-refractivity contribution in [3.8, 4) is 0 Å². The molecule has 1 aliphatic rings. The van der Waals surface area contributed by atoms with Crippen molar-refractivity contribution in [2.75, 3.05) is 6.54 Å². The van der Waals surface area contributed by atoms with E-state index < -0.39 is 9.84 Å². The van der Waals surface area contributed by atoms with Crippen LogP contribution in [0.3, 0.4) is 0 Å². The van der Waals surface area contributed by atoms with Crippen LogP contribution in [0.2, 0.25) is 5.02 Å². The Kier molecular flexibility index (Phi) is 5.01. The SMILES string of the molecule is CCCNC1C(S(=O)(=O)c2ccc(Cl)cc2)CCC1(C)C. The lowest BCUT2D eigenvalue weighted by molar-refractivity contribution is 0.285. The second-order valence-electron chi connectivity index (χ2n) is 6.50. The zero-order valence-corrected chi connectivity index (χ0v) is 14.5. The Labute approximate surface area is 133 Å². The summed E-state index contributed by atoms with van der Waals surface area (Å²) in [6.45, 7) is 7.24. The van der Waals surface area contributed by atoms with Gasteiger partial charge in [-0.15, -0.1) is 0 Å². The zero-order chi connectivity index (χ0) is 15.7. The van der Waals surface area contributed by atoms with E-state index in [0.717, 1.165) is 19.4 Å². The Morgan fingerprint density at radius 3 is 2.48 bits per heavy atom. The first-order chi connectivity index (χ1) is 9.79. The van der Waals surface area contributed by atoms with E-state index in [9.17, 15) is 8.42 Å². The van der Waals surface area contributed by atoms with Crippen LogP contribution in [0.15, 0.2) is 29.2 Å². The first-order valence-corrected chi connectivity index (χ1v) is 9.44. The summed E-state index contributed by atoms with van der Waals surface area (Å²) in [7, 11) is -3.33. The first kappa shape index (κ1) is 16.8. The fraction of sp³-hybridized carbons (Fsp3) is 0.625. The van der Waals surface area contributed by atoms with Gasteiger partial charge in [0, 0.05) is 11.1 Å². The second kappa shape index (κ2) is 6.27. The predicted molar refractivity (Wildman–Crippen MR) is 87.5 cm³/mol. The fourth-order valence-corrected chi connectivity index (χ4v) is 5.42. The quantitative estimate of drug-likeness (QED) is 0.896. The van der Waals surface area contributed by atoms with Crippen molar-refractivity contribution in [3.63, 3.8) is 0 Å².